The number of nitrogens with two attached hydrogens (primary N) is 1. The Hall–Kier alpha value is -1.79. The van der Waals surface area contributed by atoms with Crippen LogP contribution in [0, 0.1) is 11.8 Å². The molecule has 2 unspecified atom stereocenters. The highest BCUT2D eigenvalue weighted by Crippen LogP contribution is 2.23. The smallest absolute Gasteiger partial charge is 0.224 e. The number of halogens is 1. The highest BCUT2D eigenvalue weighted by Gasteiger charge is 2.21. The summed E-state index contributed by atoms with van der Waals surface area (Å²) in [5, 5.41) is 6.32. The van der Waals surface area contributed by atoms with Gasteiger partial charge in [-0.25, -0.2) is 0 Å². The molecule has 140 valence electrons. The maximum Gasteiger partial charge on any atom is 0.224 e. The molecular weight excluding hydrogens is 342 g/mol. The summed E-state index contributed by atoms with van der Waals surface area (Å²) in [5.41, 5.74) is 5.81. The first-order chi connectivity index (χ1) is 11.5. The molecule has 25 heavy (non-hydrogen) atoms. The van der Waals surface area contributed by atoms with Crippen LogP contribution >= 0.6 is 12.4 Å². The number of anilines is 1. The number of nitrogens with one attached hydrogen (secondary N) is 2. The summed E-state index contributed by atoms with van der Waals surface area (Å²) >= 11 is 0. The van der Waals surface area contributed by atoms with Crippen LogP contribution in [0.1, 0.15) is 32.6 Å². The maximum absolute atomic E-state index is 12.2. The molecule has 2 rings (SSSR count). The topological polar surface area (TPSA) is 93.4 Å². The molecule has 1 aromatic rings. The summed E-state index contributed by atoms with van der Waals surface area (Å²) in [5.74, 6) is 1.24. The average molecular weight is 370 g/mol. The number of amides is 2. The highest BCUT2D eigenvalue weighted by molar-refractivity contribution is 5.90. The first kappa shape index (κ1) is 21.3. The fraction of sp³-hybridized carbons (Fsp3) is 0.556. The zero-order valence-corrected chi connectivity index (χ0v) is 15.4. The van der Waals surface area contributed by atoms with Crippen molar-refractivity contribution in [3.63, 3.8) is 0 Å². The van der Waals surface area contributed by atoms with Gasteiger partial charge in [-0.1, -0.05) is 6.92 Å². The minimum Gasteiger partial charge on any atom is -0.493 e. The van der Waals surface area contributed by atoms with Gasteiger partial charge in [0.25, 0.3) is 0 Å². The van der Waals surface area contributed by atoms with Gasteiger partial charge in [0.15, 0.2) is 0 Å². The molecule has 1 fully saturated rings. The second-order valence-electron chi connectivity index (χ2n) is 6.43. The Bertz CT molecular complexity index is 545. The van der Waals surface area contributed by atoms with Gasteiger partial charge in [-0.3, -0.25) is 9.59 Å². The largest absolute Gasteiger partial charge is 0.493 e. The number of carbonyl (C=O) groups excluding carboxylic acids is 2. The van der Waals surface area contributed by atoms with E-state index in [0.29, 0.717) is 24.0 Å². The van der Waals surface area contributed by atoms with E-state index in [1.165, 1.54) is 12.8 Å². The molecule has 6 nitrogen and oxygen atoms in total. The lowest BCUT2D eigenvalue weighted by atomic mass is 9.85. The summed E-state index contributed by atoms with van der Waals surface area (Å²) < 4.78 is 5.40. The van der Waals surface area contributed by atoms with Crippen molar-refractivity contribution >= 4 is 29.9 Å². The van der Waals surface area contributed by atoms with Gasteiger partial charge >= 0.3 is 0 Å². The second-order valence-corrected chi connectivity index (χ2v) is 6.43. The van der Waals surface area contributed by atoms with Crippen LogP contribution in [0.15, 0.2) is 24.3 Å². The average Bonchev–Trinajstić information content (AvgIpc) is 2.57. The van der Waals surface area contributed by atoms with E-state index in [9.17, 15) is 9.59 Å². The Morgan fingerprint density at radius 3 is 2.68 bits per heavy atom. The van der Waals surface area contributed by atoms with E-state index in [1.807, 2.05) is 0 Å². The van der Waals surface area contributed by atoms with Crippen molar-refractivity contribution in [2.45, 2.75) is 32.6 Å². The first-order valence-electron chi connectivity index (χ1n) is 8.56. The molecule has 4 N–H and O–H groups in total. The van der Waals surface area contributed by atoms with E-state index in [1.54, 1.807) is 24.3 Å². The molecule has 1 aromatic carbocycles. The SMILES string of the molecule is CC(CC(=O)Nc1ccc(OCCC(N)=O)cc1)C1CCCNC1.Cl. The van der Waals surface area contributed by atoms with E-state index in [4.69, 9.17) is 10.5 Å². The quantitative estimate of drug-likeness (QED) is 0.655. The predicted molar refractivity (Wildman–Crippen MR) is 101 cm³/mol. The van der Waals surface area contributed by atoms with Crippen LogP contribution < -0.4 is 21.1 Å². The van der Waals surface area contributed by atoms with Crippen LogP contribution in [0.5, 0.6) is 5.75 Å². The number of benzene rings is 1. The molecule has 1 aliphatic heterocycles. The molecule has 0 spiro atoms. The number of primary amides is 1. The third-order valence-electron chi connectivity index (χ3n) is 4.40. The van der Waals surface area contributed by atoms with Crippen LogP contribution in [0.4, 0.5) is 5.69 Å². The molecule has 7 heteroatoms. The van der Waals surface area contributed by atoms with Crippen molar-refractivity contribution in [1.29, 1.82) is 0 Å². The monoisotopic (exact) mass is 369 g/mol. The zero-order valence-electron chi connectivity index (χ0n) is 14.6. The number of hydrogen-bond donors (Lipinski definition) is 3. The van der Waals surface area contributed by atoms with Gasteiger partial charge in [-0.05, 0) is 62.0 Å². The number of rotatable bonds is 8. The second kappa shape index (κ2) is 10.9. The van der Waals surface area contributed by atoms with Gasteiger partial charge in [0, 0.05) is 12.1 Å². The minimum atomic E-state index is -0.388. The van der Waals surface area contributed by atoms with Gasteiger partial charge in [0.1, 0.15) is 5.75 Å². The van der Waals surface area contributed by atoms with E-state index in [2.05, 4.69) is 17.6 Å². The Morgan fingerprint density at radius 2 is 2.08 bits per heavy atom. The lowest BCUT2D eigenvalue weighted by Crippen LogP contribution is -2.34. The molecular formula is C18H28ClN3O3. The van der Waals surface area contributed by atoms with Crippen molar-refractivity contribution in [3.05, 3.63) is 24.3 Å². The normalized spacial score (nSPS) is 17.9. The predicted octanol–water partition coefficient (Wildman–Crippen LogP) is 2.33. The van der Waals surface area contributed by atoms with Gasteiger partial charge in [0.05, 0.1) is 13.0 Å². The van der Waals surface area contributed by atoms with Gasteiger partial charge in [0.2, 0.25) is 11.8 Å². The fourth-order valence-electron chi connectivity index (χ4n) is 2.94. The van der Waals surface area contributed by atoms with Crippen LogP contribution in [0.3, 0.4) is 0 Å². The van der Waals surface area contributed by atoms with Crippen LogP contribution in [0.25, 0.3) is 0 Å². The van der Waals surface area contributed by atoms with Crippen molar-refractivity contribution in [2.75, 3.05) is 25.0 Å². The molecule has 0 aromatic heterocycles. The van der Waals surface area contributed by atoms with Crippen LogP contribution in [0.2, 0.25) is 0 Å². The number of piperidine rings is 1. The van der Waals surface area contributed by atoms with E-state index < -0.39 is 0 Å². The third-order valence-corrected chi connectivity index (χ3v) is 4.40. The Morgan fingerprint density at radius 1 is 1.36 bits per heavy atom. The molecule has 1 aliphatic rings. The molecule has 1 heterocycles. The molecule has 2 amide bonds. The maximum atomic E-state index is 12.2. The van der Waals surface area contributed by atoms with Crippen LogP contribution in [-0.2, 0) is 9.59 Å². The number of hydrogen-bond acceptors (Lipinski definition) is 4. The third kappa shape index (κ3) is 7.75. The van der Waals surface area contributed by atoms with Crippen LogP contribution in [-0.4, -0.2) is 31.5 Å². The molecule has 1 saturated heterocycles. The van der Waals surface area contributed by atoms with Gasteiger partial charge in [-0.15, -0.1) is 12.4 Å². The van der Waals surface area contributed by atoms with E-state index in [0.717, 1.165) is 18.8 Å². The molecule has 2 atom stereocenters. The van der Waals surface area contributed by atoms with Gasteiger partial charge < -0.3 is 21.1 Å². The van der Waals surface area contributed by atoms with Crippen molar-refractivity contribution < 1.29 is 14.3 Å². The Balaban J connectivity index is 0.00000312. The zero-order chi connectivity index (χ0) is 17.4. The molecule has 0 saturated carbocycles. The molecule has 0 bridgehead atoms. The van der Waals surface area contributed by atoms with E-state index >= 15 is 0 Å². The fourth-order valence-corrected chi connectivity index (χ4v) is 2.94. The number of carbonyl (C=O) groups is 2. The summed E-state index contributed by atoms with van der Waals surface area (Å²) in [7, 11) is 0. The molecule has 0 aliphatic carbocycles. The van der Waals surface area contributed by atoms with Crippen molar-refractivity contribution in [1.82, 2.24) is 5.32 Å². The Kier molecular flexibility index (Phi) is 9.31. The summed E-state index contributed by atoms with van der Waals surface area (Å²) in [6.45, 7) is 4.50. The Labute approximate surface area is 155 Å². The molecule has 0 radical (unpaired) electrons. The van der Waals surface area contributed by atoms with Crippen molar-refractivity contribution in [2.24, 2.45) is 17.6 Å². The highest BCUT2D eigenvalue weighted by atomic mass is 35.5. The first-order valence-corrected chi connectivity index (χ1v) is 8.56. The standard InChI is InChI=1S/C18H27N3O3.ClH/c1-13(14-3-2-9-20-12-14)11-18(23)21-15-4-6-16(7-5-15)24-10-8-17(19)22;/h4-7,13-14,20H,2-3,8-12H2,1H3,(H2,19,22)(H,21,23);1H. The van der Waals surface area contributed by atoms with Gasteiger partial charge in [-0.2, -0.15) is 0 Å². The lowest BCUT2D eigenvalue weighted by Gasteiger charge is -2.28. The summed E-state index contributed by atoms with van der Waals surface area (Å²) in [6, 6.07) is 7.13. The van der Waals surface area contributed by atoms with E-state index in [-0.39, 0.29) is 37.2 Å². The summed E-state index contributed by atoms with van der Waals surface area (Å²) in [6.07, 6.45) is 3.10. The lowest BCUT2D eigenvalue weighted by molar-refractivity contribution is -0.119. The number of ether oxygens (including phenoxy) is 1. The van der Waals surface area contributed by atoms with Crippen molar-refractivity contribution in [3.8, 4) is 5.75 Å². The summed E-state index contributed by atoms with van der Waals surface area (Å²) in [4.78, 5) is 22.8. The minimum absolute atomic E-state index is 0.